The fourth-order valence-corrected chi connectivity index (χ4v) is 3.33. The second-order valence-corrected chi connectivity index (χ2v) is 5.58. The summed E-state index contributed by atoms with van der Waals surface area (Å²) in [5.41, 5.74) is -0.524. The van der Waals surface area contributed by atoms with Gasteiger partial charge < -0.3 is 4.74 Å². The van der Waals surface area contributed by atoms with E-state index >= 15 is 0 Å². The van der Waals surface area contributed by atoms with Gasteiger partial charge in [0.15, 0.2) is 0 Å². The first kappa shape index (κ1) is 12.6. The molecule has 1 saturated heterocycles. The summed E-state index contributed by atoms with van der Waals surface area (Å²) < 4.78 is 20.1. The van der Waals surface area contributed by atoms with E-state index in [4.69, 9.17) is 4.74 Å². The molecule has 19 heavy (non-hydrogen) atoms. The van der Waals surface area contributed by atoms with Gasteiger partial charge in [-0.3, -0.25) is 4.79 Å². The third kappa shape index (κ3) is 1.55. The van der Waals surface area contributed by atoms with Crippen molar-refractivity contribution in [1.82, 2.24) is 4.90 Å². The number of amides is 2. The van der Waals surface area contributed by atoms with Crippen LogP contribution in [0, 0.1) is 5.82 Å². The van der Waals surface area contributed by atoms with E-state index in [1.807, 2.05) is 0 Å². The van der Waals surface area contributed by atoms with Crippen molar-refractivity contribution < 1.29 is 18.7 Å². The highest BCUT2D eigenvalue weighted by molar-refractivity contribution is 9.10. The third-order valence-corrected chi connectivity index (χ3v) is 4.13. The molecule has 6 heteroatoms. The first-order valence-electron chi connectivity index (χ1n) is 6.03. The van der Waals surface area contributed by atoms with Gasteiger partial charge >= 0.3 is 6.09 Å². The van der Waals surface area contributed by atoms with Gasteiger partial charge in [-0.2, -0.15) is 0 Å². The topological polar surface area (TPSA) is 46.6 Å². The fraction of sp³-hybridized carbons (Fsp3) is 0.385. The van der Waals surface area contributed by atoms with E-state index in [9.17, 15) is 14.0 Å². The molecule has 1 atom stereocenters. The van der Waals surface area contributed by atoms with Crippen molar-refractivity contribution in [3.8, 4) is 0 Å². The molecule has 1 aromatic rings. The van der Waals surface area contributed by atoms with E-state index in [1.54, 1.807) is 13.0 Å². The molecule has 0 aromatic heterocycles. The number of aryl methyl sites for hydroxylation is 1. The predicted molar refractivity (Wildman–Crippen MR) is 68.0 cm³/mol. The molecule has 1 unspecified atom stereocenters. The summed E-state index contributed by atoms with van der Waals surface area (Å²) in [5.74, 6) is -0.971. The molecule has 4 nitrogen and oxygen atoms in total. The van der Waals surface area contributed by atoms with Gasteiger partial charge in [-0.15, -0.1) is 0 Å². The number of imide groups is 1. The first-order chi connectivity index (χ1) is 8.99. The first-order valence-corrected chi connectivity index (χ1v) is 6.82. The Morgan fingerprint density at radius 2 is 2.21 bits per heavy atom. The number of halogens is 2. The Morgan fingerprint density at radius 3 is 2.84 bits per heavy atom. The monoisotopic (exact) mass is 327 g/mol. The van der Waals surface area contributed by atoms with Crippen LogP contribution >= 0.6 is 15.9 Å². The Balaban J connectivity index is 2.17. The number of ether oxygens (including phenoxy) is 1. The summed E-state index contributed by atoms with van der Waals surface area (Å²) in [5, 5.41) is 0. The maximum absolute atomic E-state index is 14.2. The molecule has 1 aliphatic carbocycles. The van der Waals surface area contributed by atoms with Gasteiger partial charge in [0.25, 0.3) is 5.91 Å². The molecular weight excluding hydrogens is 317 g/mol. The quantitative estimate of drug-likeness (QED) is 0.796. The molecular formula is C13H11BrFNO3. The zero-order valence-electron chi connectivity index (χ0n) is 10.2. The molecule has 1 heterocycles. The molecule has 2 amide bonds. The predicted octanol–water partition coefficient (Wildman–Crippen LogP) is 2.73. The Morgan fingerprint density at radius 1 is 1.47 bits per heavy atom. The minimum absolute atomic E-state index is 0.213. The number of rotatable bonds is 1. The molecule has 1 aromatic carbocycles. The van der Waals surface area contributed by atoms with Gasteiger partial charge in [0.05, 0.1) is 0 Å². The van der Waals surface area contributed by atoms with Gasteiger partial charge in [0.2, 0.25) is 5.60 Å². The number of hydrogen-bond acceptors (Lipinski definition) is 3. The number of fused-ring (bicyclic) bond motifs is 2. The van der Waals surface area contributed by atoms with Crippen molar-refractivity contribution >= 4 is 27.9 Å². The number of hydrogen-bond donors (Lipinski definition) is 0. The average molecular weight is 328 g/mol. The standard InChI is InChI=1S/C13H11BrFNO3/c1-2-16-11(17)13(19-12(16)18)4-3-7-5-8(14)6-9(15)10(7)13/h5-6H,2-4H2,1H3. The summed E-state index contributed by atoms with van der Waals surface area (Å²) in [6.45, 7) is 1.92. The highest BCUT2D eigenvalue weighted by Crippen LogP contribution is 2.47. The summed E-state index contributed by atoms with van der Waals surface area (Å²) in [6, 6.07) is 3.06. The van der Waals surface area contributed by atoms with Crippen molar-refractivity contribution in [2.45, 2.75) is 25.4 Å². The molecule has 3 rings (SSSR count). The van der Waals surface area contributed by atoms with Gasteiger partial charge in [0, 0.05) is 23.0 Å². The molecule has 1 aliphatic heterocycles. The summed E-state index contributed by atoms with van der Waals surface area (Å²) in [7, 11) is 0. The summed E-state index contributed by atoms with van der Waals surface area (Å²) >= 11 is 3.22. The molecule has 0 N–H and O–H groups in total. The maximum atomic E-state index is 14.2. The Labute approximate surface area is 117 Å². The fourth-order valence-electron chi connectivity index (χ4n) is 2.85. The van der Waals surface area contributed by atoms with E-state index in [2.05, 4.69) is 15.9 Å². The van der Waals surface area contributed by atoms with Crippen LogP contribution < -0.4 is 0 Å². The van der Waals surface area contributed by atoms with Crippen LogP contribution in [0.2, 0.25) is 0 Å². The number of carbonyl (C=O) groups is 2. The van der Waals surface area contributed by atoms with Crippen LogP contribution in [0.1, 0.15) is 24.5 Å². The zero-order chi connectivity index (χ0) is 13.8. The highest BCUT2D eigenvalue weighted by atomic mass is 79.9. The Hall–Kier alpha value is -1.43. The van der Waals surface area contributed by atoms with E-state index in [0.717, 1.165) is 4.90 Å². The SMILES string of the molecule is CCN1C(=O)OC2(CCc3cc(Br)cc(F)c32)C1=O. The van der Waals surface area contributed by atoms with Crippen LogP contribution in [0.5, 0.6) is 0 Å². The second kappa shape index (κ2) is 4.03. The van der Waals surface area contributed by atoms with Crippen molar-refractivity contribution in [3.63, 3.8) is 0 Å². The Kier molecular flexibility index (Phi) is 2.67. The average Bonchev–Trinajstić information content (AvgIpc) is 2.80. The summed E-state index contributed by atoms with van der Waals surface area (Å²) in [4.78, 5) is 25.1. The number of benzene rings is 1. The zero-order valence-corrected chi connectivity index (χ0v) is 11.8. The highest BCUT2D eigenvalue weighted by Gasteiger charge is 2.58. The second-order valence-electron chi connectivity index (χ2n) is 4.67. The van der Waals surface area contributed by atoms with Gasteiger partial charge in [-0.05, 0) is 31.0 Å². The maximum Gasteiger partial charge on any atom is 0.418 e. The number of nitrogens with zero attached hydrogens (tertiary/aromatic N) is 1. The lowest BCUT2D eigenvalue weighted by atomic mass is 9.94. The van der Waals surface area contributed by atoms with E-state index < -0.39 is 23.4 Å². The lowest BCUT2D eigenvalue weighted by Crippen LogP contribution is -2.37. The van der Waals surface area contributed by atoms with Crippen molar-refractivity contribution in [2.24, 2.45) is 0 Å². The number of carbonyl (C=O) groups excluding carboxylic acids is 2. The van der Waals surface area contributed by atoms with Crippen molar-refractivity contribution in [3.05, 3.63) is 33.5 Å². The molecule has 100 valence electrons. The minimum atomic E-state index is -1.45. The van der Waals surface area contributed by atoms with E-state index in [-0.39, 0.29) is 12.1 Å². The lowest BCUT2D eigenvalue weighted by Gasteiger charge is -2.20. The van der Waals surface area contributed by atoms with Gasteiger partial charge in [-0.25, -0.2) is 14.1 Å². The van der Waals surface area contributed by atoms with Crippen molar-refractivity contribution in [2.75, 3.05) is 6.54 Å². The normalized spacial score (nSPS) is 25.1. The molecule has 1 spiro atoms. The largest absolute Gasteiger partial charge is 0.427 e. The third-order valence-electron chi connectivity index (χ3n) is 3.68. The van der Waals surface area contributed by atoms with Crippen molar-refractivity contribution in [1.29, 1.82) is 0 Å². The van der Waals surface area contributed by atoms with Gasteiger partial charge in [-0.1, -0.05) is 15.9 Å². The lowest BCUT2D eigenvalue weighted by molar-refractivity contribution is -0.137. The van der Waals surface area contributed by atoms with Crippen LogP contribution in [0.3, 0.4) is 0 Å². The van der Waals surface area contributed by atoms with Crippen LogP contribution in [0.4, 0.5) is 9.18 Å². The van der Waals surface area contributed by atoms with E-state index in [0.29, 0.717) is 22.9 Å². The van der Waals surface area contributed by atoms with Crippen LogP contribution in [-0.4, -0.2) is 23.4 Å². The minimum Gasteiger partial charge on any atom is -0.427 e. The van der Waals surface area contributed by atoms with E-state index in [1.165, 1.54) is 6.07 Å². The Bertz CT molecular complexity index is 604. The molecule has 1 fully saturated rings. The molecule has 0 bridgehead atoms. The number of likely N-dealkylation sites (N-methyl/N-ethyl adjacent to an activating group) is 1. The molecule has 0 saturated carbocycles. The molecule has 2 aliphatic rings. The van der Waals surface area contributed by atoms with Crippen LogP contribution in [0.15, 0.2) is 16.6 Å². The van der Waals surface area contributed by atoms with Crippen LogP contribution in [-0.2, 0) is 21.6 Å². The smallest absolute Gasteiger partial charge is 0.418 e. The molecule has 0 radical (unpaired) electrons. The summed E-state index contributed by atoms with van der Waals surface area (Å²) in [6.07, 6.45) is 0.127. The van der Waals surface area contributed by atoms with Gasteiger partial charge in [0.1, 0.15) is 5.82 Å². The van der Waals surface area contributed by atoms with Crippen LogP contribution in [0.25, 0.3) is 0 Å².